The van der Waals surface area contributed by atoms with Crippen LogP contribution in [-0.2, 0) is 0 Å². The van der Waals surface area contributed by atoms with Gasteiger partial charge in [0.05, 0.1) is 6.20 Å². The Labute approximate surface area is 53.2 Å². The molecule has 0 aliphatic heterocycles. The highest BCUT2D eigenvalue weighted by Crippen LogP contribution is 2.00. The zero-order valence-electron chi connectivity index (χ0n) is 4.28. The van der Waals surface area contributed by atoms with E-state index in [4.69, 9.17) is 0 Å². The summed E-state index contributed by atoms with van der Waals surface area (Å²) in [6.45, 7) is 3.51. The Balaban J connectivity index is 3.00. The van der Waals surface area contributed by atoms with Crippen molar-refractivity contribution in [2.24, 2.45) is 0 Å². The minimum absolute atomic E-state index is 0.852. The van der Waals surface area contributed by atoms with Crippen LogP contribution in [-0.4, -0.2) is 9.78 Å². The molecular weight excluding hydrogens is 120 g/mol. The van der Waals surface area contributed by atoms with Crippen LogP contribution in [0, 0.1) is 0 Å². The van der Waals surface area contributed by atoms with Crippen molar-refractivity contribution < 1.29 is 0 Å². The molecule has 0 fully saturated rings. The van der Waals surface area contributed by atoms with Crippen molar-refractivity contribution in [3.05, 3.63) is 19.0 Å². The number of hydrogen-bond acceptors (Lipinski definition) is 2. The Kier molecular flexibility index (Phi) is 1.39. The highest BCUT2D eigenvalue weighted by Gasteiger charge is 1.85. The summed E-state index contributed by atoms with van der Waals surface area (Å²) in [6.07, 6.45) is 5.04. The van der Waals surface area contributed by atoms with Crippen LogP contribution in [0.15, 0.2) is 23.9 Å². The average molecular weight is 126 g/mol. The maximum absolute atomic E-state index is 4.03. The first-order valence-electron chi connectivity index (χ1n) is 2.18. The van der Waals surface area contributed by atoms with E-state index in [-0.39, 0.29) is 0 Å². The van der Waals surface area contributed by atoms with Crippen molar-refractivity contribution in [1.29, 1.82) is 0 Å². The molecule has 1 aromatic heterocycles. The molecule has 0 unspecified atom stereocenters. The van der Waals surface area contributed by atoms with E-state index in [9.17, 15) is 0 Å². The van der Waals surface area contributed by atoms with Crippen molar-refractivity contribution >= 4 is 18.8 Å². The van der Waals surface area contributed by atoms with E-state index in [1.54, 1.807) is 23.3 Å². The molecule has 0 aliphatic rings. The number of aromatic nitrogens is 2. The predicted molar refractivity (Wildman–Crippen MR) is 35.9 cm³/mol. The SMILES string of the molecule is C=Cn1cc(S)cn1. The van der Waals surface area contributed by atoms with Gasteiger partial charge in [0.1, 0.15) is 0 Å². The lowest BCUT2D eigenvalue weighted by molar-refractivity contribution is 0.936. The summed E-state index contributed by atoms with van der Waals surface area (Å²) in [4.78, 5) is 0.852. The lowest BCUT2D eigenvalue weighted by Gasteiger charge is -1.81. The fraction of sp³-hybridized carbons (Fsp3) is 0. The first kappa shape index (κ1) is 5.44. The smallest absolute Gasteiger partial charge is 0.0627 e. The first-order chi connectivity index (χ1) is 3.83. The van der Waals surface area contributed by atoms with Crippen molar-refractivity contribution in [3.8, 4) is 0 Å². The van der Waals surface area contributed by atoms with Gasteiger partial charge in [0.25, 0.3) is 0 Å². The quantitative estimate of drug-likeness (QED) is 0.561. The van der Waals surface area contributed by atoms with Gasteiger partial charge in [-0.1, -0.05) is 6.58 Å². The molecule has 0 amide bonds. The topological polar surface area (TPSA) is 17.8 Å². The molecule has 0 aliphatic carbocycles. The van der Waals surface area contributed by atoms with Crippen LogP contribution in [0.2, 0.25) is 0 Å². The highest BCUT2D eigenvalue weighted by molar-refractivity contribution is 7.80. The summed E-state index contributed by atoms with van der Waals surface area (Å²) in [5.41, 5.74) is 0. The molecule has 0 radical (unpaired) electrons. The first-order valence-corrected chi connectivity index (χ1v) is 2.63. The van der Waals surface area contributed by atoms with Gasteiger partial charge in [-0.25, -0.2) is 4.68 Å². The van der Waals surface area contributed by atoms with E-state index < -0.39 is 0 Å². The largest absolute Gasteiger partial charge is 0.248 e. The van der Waals surface area contributed by atoms with E-state index >= 15 is 0 Å². The van der Waals surface area contributed by atoms with Gasteiger partial charge in [-0.05, 0) is 0 Å². The molecule has 3 heteroatoms. The maximum atomic E-state index is 4.03. The Hall–Kier alpha value is -0.700. The minimum Gasteiger partial charge on any atom is -0.248 e. The Bertz CT molecular complexity index is 192. The molecule has 1 rings (SSSR count). The molecule has 0 N–H and O–H groups in total. The van der Waals surface area contributed by atoms with Gasteiger partial charge in [-0.15, -0.1) is 12.6 Å². The van der Waals surface area contributed by atoms with E-state index in [1.165, 1.54) is 0 Å². The summed E-state index contributed by atoms with van der Waals surface area (Å²) < 4.78 is 1.60. The van der Waals surface area contributed by atoms with Gasteiger partial charge < -0.3 is 0 Å². The zero-order chi connectivity index (χ0) is 5.98. The van der Waals surface area contributed by atoms with Crippen LogP contribution >= 0.6 is 12.6 Å². The van der Waals surface area contributed by atoms with Crippen LogP contribution < -0.4 is 0 Å². The predicted octanol–water partition coefficient (Wildman–Crippen LogP) is 1.27. The van der Waals surface area contributed by atoms with Crippen LogP contribution in [0.3, 0.4) is 0 Å². The molecular formula is C5H6N2S. The molecule has 0 saturated carbocycles. The fourth-order valence-electron chi connectivity index (χ4n) is 0.428. The van der Waals surface area contributed by atoms with E-state index in [0.717, 1.165) is 4.90 Å². The molecule has 0 bridgehead atoms. The number of rotatable bonds is 1. The summed E-state index contributed by atoms with van der Waals surface area (Å²) in [5.74, 6) is 0. The molecule has 0 atom stereocenters. The molecule has 8 heavy (non-hydrogen) atoms. The second kappa shape index (κ2) is 2.05. The van der Waals surface area contributed by atoms with Crippen LogP contribution in [0.5, 0.6) is 0 Å². The van der Waals surface area contributed by atoms with Crippen LogP contribution in [0.4, 0.5) is 0 Å². The van der Waals surface area contributed by atoms with E-state index in [2.05, 4.69) is 24.3 Å². The van der Waals surface area contributed by atoms with Crippen molar-refractivity contribution in [3.63, 3.8) is 0 Å². The van der Waals surface area contributed by atoms with Gasteiger partial charge >= 0.3 is 0 Å². The number of thiol groups is 1. The molecule has 1 heterocycles. The van der Waals surface area contributed by atoms with Crippen LogP contribution in [0.1, 0.15) is 0 Å². The fourth-order valence-corrected chi connectivity index (χ4v) is 0.598. The van der Waals surface area contributed by atoms with Gasteiger partial charge in [0.15, 0.2) is 0 Å². The van der Waals surface area contributed by atoms with Gasteiger partial charge in [-0.2, -0.15) is 5.10 Å². The second-order valence-corrected chi connectivity index (χ2v) is 1.88. The Morgan fingerprint density at radius 1 is 1.88 bits per heavy atom. The third kappa shape index (κ3) is 0.924. The lowest BCUT2D eigenvalue weighted by Crippen LogP contribution is -1.81. The summed E-state index contributed by atoms with van der Waals surface area (Å²) >= 11 is 4.03. The molecule has 1 aromatic rings. The van der Waals surface area contributed by atoms with Gasteiger partial charge in [0.2, 0.25) is 0 Å². The minimum atomic E-state index is 0.852. The normalized spacial score (nSPS) is 9.12. The third-order valence-corrected chi connectivity index (χ3v) is 1.01. The summed E-state index contributed by atoms with van der Waals surface area (Å²) in [6, 6.07) is 0. The van der Waals surface area contributed by atoms with Crippen molar-refractivity contribution in [2.75, 3.05) is 0 Å². The van der Waals surface area contributed by atoms with E-state index in [1.807, 2.05) is 0 Å². The molecule has 0 spiro atoms. The number of nitrogens with zero attached hydrogens (tertiary/aromatic N) is 2. The molecule has 0 aromatic carbocycles. The molecule has 42 valence electrons. The Morgan fingerprint density at radius 2 is 2.62 bits per heavy atom. The van der Waals surface area contributed by atoms with Gasteiger partial charge in [-0.3, -0.25) is 0 Å². The third-order valence-electron chi connectivity index (χ3n) is 0.775. The zero-order valence-corrected chi connectivity index (χ0v) is 5.18. The lowest BCUT2D eigenvalue weighted by atomic mass is 10.7. The van der Waals surface area contributed by atoms with Crippen molar-refractivity contribution in [1.82, 2.24) is 9.78 Å². The standard InChI is InChI=1S/C5H6N2S/c1-2-7-4-5(8)3-6-7/h2-4,8H,1H2. The summed E-state index contributed by atoms with van der Waals surface area (Å²) in [5, 5.41) is 3.86. The van der Waals surface area contributed by atoms with Crippen molar-refractivity contribution in [2.45, 2.75) is 4.90 Å². The van der Waals surface area contributed by atoms with Crippen LogP contribution in [0.25, 0.3) is 6.20 Å². The monoisotopic (exact) mass is 126 g/mol. The molecule has 2 nitrogen and oxygen atoms in total. The van der Waals surface area contributed by atoms with Gasteiger partial charge in [0, 0.05) is 17.3 Å². The second-order valence-electron chi connectivity index (χ2n) is 1.36. The molecule has 0 saturated heterocycles. The highest BCUT2D eigenvalue weighted by atomic mass is 32.1. The average Bonchev–Trinajstić information content (AvgIpc) is 2.14. The maximum Gasteiger partial charge on any atom is 0.0627 e. The Morgan fingerprint density at radius 3 is 2.88 bits per heavy atom. The summed E-state index contributed by atoms with van der Waals surface area (Å²) in [7, 11) is 0. The van der Waals surface area contributed by atoms with E-state index in [0.29, 0.717) is 0 Å². The number of hydrogen-bond donors (Lipinski definition) is 1.